The van der Waals surface area contributed by atoms with E-state index in [2.05, 4.69) is 10.5 Å². The minimum Gasteiger partial charge on any atom is -0.497 e. The lowest BCUT2D eigenvalue weighted by Gasteiger charge is -2.09. The van der Waals surface area contributed by atoms with Gasteiger partial charge in [0.15, 0.2) is 0 Å². The highest BCUT2D eigenvalue weighted by atomic mass is 16.5. The molecule has 31 heavy (non-hydrogen) atoms. The van der Waals surface area contributed by atoms with Crippen molar-refractivity contribution in [3.63, 3.8) is 0 Å². The largest absolute Gasteiger partial charge is 0.497 e. The fraction of sp³-hybridized carbons (Fsp3) is 0.0385. The summed E-state index contributed by atoms with van der Waals surface area (Å²) in [5.74, 6) is 0.431. The molecule has 1 N–H and O–H groups in total. The summed E-state index contributed by atoms with van der Waals surface area (Å²) < 4.78 is 5.32. The molecule has 4 aromatic rings. The second-order valence-electron chi connectivity index (χ2n) is 6.79. The van der Waals surface area contributed by atoms with Gasteiger partial charge < -0.3 is 4.74 Å². The quantitative estimate of drug-likeness (QED) is 0.347. The van der Waals surface area contributed by atoms with Crippen molar-refractivity contribution >= 4 is 29.1 Å². The van der Waals surface area contributed by atoms with Crippen LogP contribution < -0.4 is 10.2 Å². The van der Waals surface area contributed by atoms with Crippen LogP contribution in [0, 0.1) is 0 Å². The van der Waals surface area contributed by atoms with Gasteiger partial charge >= 0.3 is 0 Å². The van der Waals surface area contributed by atoms with Crippen LogP contribution in [0.3, 0.4) is 0 Å². The lowest BCUT2D eigenvalue weighted by atomic mass is 10.0. The number of para-hydroxylation sites is 1. The number of fused-ring (bicyclic) bond motifs is 1. The molecule has 0 saturated carbocycles. The van der Waals surface area contributed by atoms with Gasteiger partial charge in [0, 0.05) is 17.2 Å². The van der Waals surface area contributed by atoms with E-state index in [0.29, 0.717) is 11.3 Å². The van der Waals surface area contributed by atoms with E-state index >= 15 is 0 Å². The van der Waals surface area contributed by atoms with Crippen LogP contribution in [0.1, 0.15) is 15.9 Å². The van der Waals surface area contributed by atoms with Crippen molar-refractivity contribution in [1.82, 2.24) is 10.4 Å². The van der Waals surface area contributed by atoms with Crippen LogP contribution in [0.15, 0.2) is 96.1 Å². The van der Waals surface area contributed by atoms with E-state index in [1.54, 1.807) is 25.5 Å². The average molecular weight is 407 g/mol. The number of nitrogens with zero attached hydrogens (tertiary/aromatic N) is 2. The molecule has 0 aliphatic rings. The Kier molecular flexibility index (Phi) is 6.14. The van der Waals surface area contributed by atoms with Gasteiger partial charge in [0.05, 0.1) is 23.9 Å². The Morgan fingerprint density at radius 1 is 0.968 bits per heavy atom. The number of ether oxygens (including phenoxy) is 1. The molecule has 5 nitrogen and oxygen atoms in total. The van der Waals surface area contributed by atoms with E-state index in [1.807, 2.05) is 84.9 Å². The van der Waals surface area contributed by atoms with Gasteiger partial charge in [-0.05, 0) is 35.9 Å². The molecule has 1 amide bonds. The van der Waals surface area contributed by atoms with E-state index in [1.165, 1.54) is 0 Å². The van der Waals surface area contributed by atoms with Crippen LogP contribution in [0.2, 0.25) is 0 Å². The van der Waals surface area contributed by atoms with Crippen molar-refractivity contribution in [2.24, 2.45) is 5.10 Å². The van der Waals surface area contributed by atoms with Crippen molar-refractivity contribution in [3.05, 3.63) is 102 Å². The maximum Gasteiger partial charge on any atom is 0.272 e. The smallest absolute Gasteiger partial charge is 0.272 e. The van der Waals surface area contributed by atoms with Crippen LogP contribution in [-0.2, 0) is 0 Å². The van der Waals surface area contributed by atoms with Crippen LogP contribution in [0.25, 0.3) is 28.2 Å². The van der Waals surface area contributed by atoms with Crippen molar-refractivity contribution in [2.45, 2.75) is 0 Å². The standard InChI is InChI=1S/C26H21N3O2/c1-31-21-13-7-12-20(17-21)25-18-23(22-14-5-6-15-24(22)28-25)26(30)29-27-16-8-11-19-9-3-2-4-10-19/h2-18H,1H3,(H,29,30)/b11-8-,27-16?. The number of hydrogen-bond acceptors (Lipinski definition) is 4. The minimum atomic E-state index is -0.299. The summed E-state index contributed by atoms with van der Waals surface area (Å²) in [6.07, 6.45) is 5.25. The number of rotatable bonds is 6. The Bertz CT molecular complexity index is 1260. The first kappa shape index (κ1) is 20.0. The normalized spacial score (nSPS) is 11.3. The Balaban J connectivity index is 1.60. The lowest BCUT2D eigenvalue weighted by Crippen LogP contribution is -2.18. The number of hydrazone groups is 1. The Morgan fingerprint density at radius 2 is 1.77 bits per heavy atom. The third kappa shape index (κ3) is 4.85. The van der Waals surface area contributed by atoms with E-state index in [-0.39, 0.29) is 5.91 Å². The summed E-state index contributed by atoms with van der Waals surface area (Å²) >= 11 is 0. The van der Waals surface area contributed by atoms with Gasteiger partial charge in [-0.2, -0.15) is 5.10 Å². The number of hydrogen-bond donors (Lipinski definition) is 1. The van der Waals surface area contributed by atoms with Gasteiger partial charge in [0.1, 0.15) is 5.75 Å². The Labute approximate surface area is 180 Å². The molecule has 4 rings (SSSR count). The van der Waals surface area contributed by atoms with E-state index in [9.17, 15) is 4.79 Å². The second kappa shape index (κ2) is 9.50. The molecular weight excluding hydrogens is 386 g/mol. The monoisotopic (exact) mass is 407 g/mol. The first-order chi connectivity index (χ1) is 15.2. The molecule has 0 spiro atoms. The van der Waals surface area contributed by atoms with Crippen LogP contribution in [-0.4, -0.2) is 24.2 Å². The molecule has 0 fully saturated rings. The minimum absolute atomic E-state index is 0.299. The number of nitrogens with one attached hydrogen (secondary N) is 1. The van der Waals surface area contributed by atoms with E-state index in [4.69, 9.17) is 9.72 Å². The van der Waals surface area contributed by atoms with Gasteiger partial charge in [0.25, 0.3) is 5.91 Å². The van der Waals surface area contributed by atoms with Crippen molar-refractivity contribution in [2.75, 3.05) is 7.11 Å². The summed E-state index contributed by atoms with van der Waals surface area (Å²) in [7, 11) is 1.62. The van der Waals surface area contributed by atoms with E-state index < -0.39 is 0 Å². The molecule has 0 unspecified atom stereocenters. The molecule has 0 aliphatic carbocycles. The number of allylic oxidation sites excluding steroid dienone is 1. The third-order valence-electron chi connectivity index (χ3n) is 4.74. The summed E-state index contributed by atoms with van der Waals surface area (Å²) in [5.41, 5.74) is 6.47. The molecule has 1 heterocycles. The predicted molar refractivity (Wildman–Crippen MR) is 125 cm³/mol. The zero-order valence-corrected chi connectivity index (χ0v) is 17.0. The SMILES string of the molecule is COc1cccc(-c2cc(C(=O)NN=C/C=C\c3ccccc3)c3ccccc3n2)c1. The molecule has 0 bridgehead atoms. The summed E-state index contributed by atoms with van der Waals surface area (Å²) in [6, 6.07) is 26.8. The molecule has 3 aromatic carbocycles. The van der Waals surface area contributed by atoms with Crippen LogP contribution >= 0.6 is 0 Å². The van der Waals surface area contributed by atoms with Crippen LogP contribution in [0.4, 0.5) is 0 Å². The molecule has 0 atom stereocenters. The fourth-order valence-electron chi connectivity index (χ4n) is 3.21. The van der Waals surface area contributed by atoms with Crippen molar-refractivity contribution in [1.29, 1.82) is 0 Å². The first-order valence-corrected chi connectivity index (χ1v) is 9.84. The number of benzene rings is 3. The molecule has 0 radical (unpaired) electrons. The summed E-state index contributed by atoms with van der Waals surface area (Å²) in [6.45, 7) is 0. The third-order valence-corrected chi connectivity index (χ3v) is 4.74. The molecule has 5 heteroatoms. The topological polar surface area (TPSA) is 63.6 Å². The Morgan fingerprint density at radius 3 is 2.61 bits per heavy atom. The molecule has 0 saturated heterocycles. The first-order valence-electron chi connectivity index (χ1n) is 9.84. The molecule has 152 valence electrons. The van der Waals surface area contributed by atoms with Gasteiger partial charge in [-0.1, -0.05) is 66.7 Å². The Hall–Kier alpha value is -4.25. The van der Waals surface area contributed by atoms with Crippen molar-refractivity contribution in [3.8, 4) is 17.0 Å². The van der Waals surface area contributed by atoms with Gasteiger partial charge in [-0.25, -0.2) is 10.4 Å². The number of amides is 1. The maximum atomic E-state index is 12.9. The highest BCUT2D eigenvalue weighted by Crippen LogP contribution is 2.27. The van der Waals surface area contributed by atoms with Gasteiger partial charge in [0.2, 0.25) is 0 Å². The number of carbonyl (C=O) groups is 1. The second-order valence-corrected chi connectivity index (χ2v) is 6.79. The number of pyridine rings is 1. The van der Waals surface area contributed by atoms with E-state index in [0.717, 1.165) is 27.8 Å². The number of methoxy groups -OCH3 is 1. The molecule has 0 aliphatic heterocycles. The zero-order chi connectivity index (χ0) is 21.5. The highest BCUT2D eigenvalue weighted by molar-refractivity contribution is 6.07. The lowest BCUT2D eigenvalue weighted by molar-refractivity contribution is 0.0957. The fourth-order valence-corrected chi connectivity index (χ4v) is 3.21. The number of carbonyl (C=O) groups excluding carboxylic acids is 1. The van der Waals surface area contributed by atoms with Gasteiger partial charge in [-0.15, -0.1) is 0 Å². The van der Waals surface area contributed by atoms with Crippen LogP contribution in [0.5, 0.6) is 5.75 Å². The highest BCUT2D eigenvalue weighted by Gasteiger charge is 2.13. The average Bonchev–Trinajstić information content (AvgIpc) is 2.83. The summed E-state index contributed by atoms with van der Waals surface area (Å²) in [5, 5.41) is 4.81. The molecular formula is C26H21N3O2. The van der Waals surface area contributed by atoms with Gasteiger partial charge in [-0.3, -0.25) is 4.79 Å². The number of aromatic nitrogens is 1. The maximum absolute atomic E-state index is 12.9. The molecule has 1 aromatic heterocycles. The summed E-state index contributed by atoms with van der Waals surface area (Å²) in [4.78, 5) is 17.6. The zero-order valence-electron chi connectivity index (χ0n) is 17.0. The predicted octanol–water partition coefficient (Wildman–Crippen LogP) is 5.34. The van der Waals surface area contributed by atoms with Crippen molar-refractivity contribution < 1.29 is 9.53 Å².